The van der Waals surface area contributed by atoms with Gasteiger partial charge in [-0.1, -0.05) is 0 Å². The van der Waals surface area contributed by atoms with Gasteiger partial charge in [0.25, 0.3) is 0 Å². The van der Waals surface area contributed by atoms with Gasteiger partial charge in [0.1, 0.15) is 5.60 Å². The van der Waals surface area contributed by atoms with Crippen LogP contribution in [0.3, 0.4) is 0 Å². The third-order valence-corrected chi connectivity index (χ3v) is 5.61. The van der Waals surface area contributed by atoms with Crippen LogP contribution in [0.2, 0.25) is 0 Å². The second-order valence-electron chi connectivity index (χ2n) is 7.00. The molecule has 2 unspecified atom stereocenters. The molecular weight excluding hydrogens is 326 g/mol. The summed E-state index contributed by atoms with van der Waals surface area (Å²) >= 11 is 0. The maximum absolute atomic E-state index is 13.3. The highest BCUT2D eigenvalue weighted by Crippen LogP contribution is 2.60. The van der Waals surface area contributed by atoms with Crippen molar-refractivity contribution < 1.29 is 41.5 Å². The number of halogens is 2. The Balaban J connectivity index is 1.88. The molecule has 0 aromatic heterocycles. The largest absolute Gasteiger partial charge is 0.743 e. The first kappa shape index (κ1) is 16.0. The van der Waals surface area contributed by atoms with Gasteiger partial charge < -0.3 is 19.5 Å². The summed E-state index contributed by atoms with van der Waals surface area (Å²) in [5, 5.41) is 15.6. The summed E-state index contributed by atoms with van der Waals surface area (Å²) in [5.74, 6) is -2.66. The number of hydrogen-bond donors (Lipinski definition) is 2. The molecule has 4 aliphatic rings. The molecule has 0 aromatic rings. The van der Waals surface area contributed by atoms with Gasteiger partial charge in [0, 0.05) is 19.3 Å². The Morgan fingerprint density at radius 2 is 1.64 bits per heavy atom. The van der Waals surface area contributed by atoms with Crippen LogP contribution < -0.4 is 0 Å². The van der Waals surface area contributed by atoms with Crippen molar-refractivity contribution in [1.82, 2.24) is 0 Å². The molecule has 0 radical (unpaired) electrons. The van der Waals surface area contributed by atoms with Gasteiger partial charge >= 0.3 is 11.2 Å². The molecule has 4 aliphatic carbocycles. The molecule has 2 atom stereocenters. The number of rotatable bonds is 3. The van der Waals surface area contributed by atoms with Crippen LogP contribution in [0.25, 0.3) is 0 Å². The normalized spacial score (nSPS) is 44.1. The maximum atomic E-state index is 13.3. The number of carbonyl (C=O) groups excluding carboxylic acids is 1. The lowest BCUT2D eigenvalue weighted by Gasteiger charge is -2.62. The molecule has 0 saturated heterocycles. The van der Waals surface area contributed by atoms with E-state index in [0.29, 0.717) is 12.8 Å². The molecule has 0 spiro atoms. The van der Waals surface area contributed by atoms with Gasteiger partial charge in [0.2, 0.25) is 0 Å². The molecule has 2 N–H and O–H groups in total. The SMILES string of the molecule is O=C(OC12CC3CC(O)(CC(O)(C3)C1)C2)C(F)(F)S(=O)(=O)[O-]. The fraction of sp³-hybridized carbons (Fsp3) is 0.917. The number of aliphatic hydroxyl groups is 2. The predicted octanol–water partition coefficient (Wildman–Crippen LogP) is -0.134. The van der Waals surface area contributed by atoms with Crippen LogP contribution in [0.15, 0.2) is 0 Å². The Morgan fingerprint density at radius 3 is 2.05 bits per heavy atom. The van der Waals surface area contributed by atoms with Gasteiger partial charge in [-0.05, 0) is 25.2 Å². The fourth-order valence-electron chi connectivity index (χ4n) is 4.72. The molecule has 0 heterocycles. The molecule has 4 bridgehead atoms. The van der Waals surface area contributed by atoms with E-state index in [2.05, 4.69) is 4.74 Å². The van der Waals surface area contributed by atoms with E-state index in [1.54, 1.807) is 0 Å². The monoisotopic (exact) mass is 341 g/mol. The van der Waals surface area contributed by atoms with Crippen molar-refractivity contribution >= 4 is 16.1 Å². The third-order valence-electron chi connectivity index (χ3n) is 4.82. The van der Waals surface area contributed by atoms with Gasteiger partial charge in [0.15, 0.2) is 10.1 Å². The van der Waals surface area contributed by atoms with E-state index in [4.69, 9.17) is 0 Å². The van der Waals surface area contributed by atoms with Crippen molar-refractivity contribution in [3.05, 3.63) is 0 Å². The van der Waals surface area contributed by atoms with Crippen molar-refractivity contribution in [3.63, 3.8) is 0 Å². The van der Waals surface area contributed by atoms with Crippen LogP contribution in [0.5, 0.6) is 0 Å². The predicted molar refractivity (Wildman–Crippen MR) is 64.6 cm³/mol. The second kappa shape index (κ2) is 4.16. The van der Waals surface area contributed by atoms with Gasteiger partial charge in [-0.15, -0.1) is 0 Å². The van der Waals surface area contributed by atoms with Crippen LogP contribution in [0, 0.1) is 5.92 Å². The molecule has 0 aromatic carbocycles. The van der Waals surface area contributed by atoms with Crippen LogP contribution in [0.1, 0.15) is 38.5 Å². The molecule has 4 rings (SSSR count). The summed E-state index contributed by atoms with van der Waals surface area (Å²) in [6.07, 6.45) is 0.638. The highest BCUT2D eigenvalue weighted by Gasteiger charge is 2.65. The minimum absolute atomic E-state index is 0.0616. The summed E-state index contributed by atoms with van der Waals surface area (Å²) in [5.41, 5.74) is -4.23. The topological polar surface area (TPSA) is 124 Å². The fourth-order valence-corrected chi connectivity index (χ4v) is 4.97. The third kappa shape index (κ3) is 2.32. The minimum atomic E-state index is -6.20. The molecule has 7 nitrogen and oxygen atoms in total. The highest BCUT2D eigenvalue weighted by molar-refractivity contribution is 7.87. The lowest BCUT2D eigenvalue weighted by molar-refractivity contribution is -0.265. The van der Waals surface area contributed by atoms with E-state index in [-0.39, 0.29) is 31.6 Å². The van der Waals surface area contributed by atoms with Gasteiger partial charge in [-0.2, -0.15) is 8.78 Å². The Labute approximate surface area is 125 Å². The zero-order chi connectivity index (χ0) is 16.6. The molecule has 0 amide bonds. The smallest absolute Gasteiger partial charge is 0.428 e. The Bertz CT molecular complexity index is 613. The molecule has 10 heteroatoms. The first-order chi connectivity index (χ1) is 9.78. The molecule has 0 aliphatic heterocycles. The van der Waals surface area contributed by atoms with E-state index in [1.165, 1.54) is 0 Å². The minimum Gasteiger partial charge on any atom is -0.743 e. The standard InChI is InChI=1S/C12H16F2O7S/c13-12(14,22(18,19)20)8(15)21-11-3-7-1-9(16,5-11)4-10(17,2-7)6-11/h7,16-17H,1-6H2,(H,18,19,20)/p-1. The number of esters is 1. The van der Waals surface area contributed by atoms with Crippen LogP contribution >= 0.6 is 0 Å². The van der Waals surface area contributed by atoms with Gasteiger partial charge in [0.05, 0.1) is 11.2 Å². The first-order valence-corrected chi connectivity index (χ1v) is 8.21. The summed E-state index contributed by atoms with van der Waals surface area (Å²) in [7, 11) is -6.20. The van der Waals surface area contributed by atoms with Crippen LogP contribution in [0.4, 0.5) is 8.78 Å². The van der Waals surface area contributed by atoms with Gasteiger partial charge in [-0.3, -0.25) is 0 Å². The zero-order valence-corrected chi connectivity index (χ0v) is 12.2. The van der Waals surface area contributed by atoms with Crippen molar-refractivity contribution in [3.8, 4) is 0 Å². The zero-order valence-electron chi connectivity index (χ0n) is 11.4. The lowest BCUT2D eigenvalue weighted by atomic mass is 9.50. The van der Waals surface area contributed by atoms with Crippen molar-refractivity contribution in [1.29, 1.82) is 0 Å². The van der Waals surface area contributed by atoms with Gasteiger partial charge in [-0.25, -0.2) is 13.2 Å². The van der Waals surface area contributed by atoms with E-state index in [9.17, 15) is 36.8 Å². The average Bonchev–Trinajstić information content (AvgIpc) is 2.20. The summed E-state index contributed by atoms with van der Waals surface area (Å²) in [4.78, 5) is 11.5. The Kier molecular flexibility index (Phi) is 3.03. The van der Waals surface area contributed by atoms with Crippen LogP contribution in [-0.2, 0) is 19.6 Å². The average molecular weight is 341 g/mol. The molecule has 4 saturated carbocycles. The van der Waals surface area contributed by atoms with E-state index < -0.39 is 38.1 Å². The van der Waals surface area contributed by atoms with Crippen molar-refractivity contribution in [2.24, 2.45) is 5.92 Å². The number of carbonyl (C=O) groups is 1. The molecule has 4 fully saturated rings. The Morgan fingerprint density at radius 1 is 1.14 bits per heavy atom. The molecule has 126 valence electrons. The summed E-state index contributed by atoms with van der Waals surface area (Å²) < 4.78 is 62.8. The summed E-state index contributed by atoms with van der Waals surface area (Å²) in [6, 6.07) is 0. The second-order valence-corrected chi connectivity index (χ2v) is 8.42. The van der Waals surface area contributed by atoms with E-state index in [1.807, 2.05) is 0 Å². The molecular formula is C12H15F2O7S-. The van der Waals surface area contributed by atoms with E-state index in [0.717, 1.165) is 0 Å². The quantitative estimate of drug-likeness (QED) is 0.541. The Hall–Kier alpha value is -0.840. The maximum Gasteiger partial charge on any atom is 0.428 e. The summed E-state index contributed by atoms with van der Waals surface area (Å²) in [6.45, 7) is 0. The lowest BCUT2D eigenvalue weighted by Crippen LogP contribution is -2.67. The van der Waals surface area contributed by atoms with Crippen molar-refractivity contribution in [2.45, 2.75) is 60.6 Å². The number of ether oxygens (including phenoxy) is 1. The van der Waals surface area contributed by atoms with Crippen molar-refractivity contribution in [2.75, 3.05) is 0 Å². The highest BCUT2D eigenvalue weighted by atomic mass is 32.2. The number of hydrogen-bond acceptors (Lipinski definition) is 7. The van der Waals surface area contributed by atoms with E-state index >= 15 is 0 Å². The molecule has 22 heavy (non-hydrogen) atoms. The van der Waals surface area contributed by atoms with Crippen LogP contribution in [-0.4, -0.2) is 51.2 Å². The number of alkyl halides is 2. The first-order valence-electron chi connectivity index (χ1n) is 6.80.